The lowest BCUT2D eigenvalue weighted by Crippen LogP contribution is -1.88. The zero-order chi connectivity index (χ0) is 13.8. The molecule has 3 aromatic rings. The summed E-state index contributed by atoms with van der Waals surface area (Å²) in [5, 5.41) is 2.55. The predicted molar refractivity (Wildman–Crippen MR) is 84.8 cm³/mol. The number of benzene rings is 3. The summed E-state index contributed by atoms with van der Waals surface area (Å²) in [7, 11) is 0. The van der Waals surface area contributed by atoms with Crippen molar-refractivity contribution in [2.75, 3.05) is 5.75 Å². The van der Waals surface area contributed by atoms with Crippen LogP contribution in [0, 0.1) is 5.82 Å². The van der Waals surface area contributed by atoms with Crippen LogP contribution in [0.15, 0.2) is 71.6 Å². The number of thioether (sulfide) groups is 1. The van der Waals surface area contributed by atoms with Crippen LogP contribution in [0.1, 0.15) is 5.56 Å². The van der Waals surface area contributed by atoms with Crippen LogP contribution in [0.3, 0.4) is 0 Å². The Balaban J connectivity index is 1.63. The Hall–Kier alpha value is -1.80. The van der Waals surface area contributed by atoms with Crippen LogP contribution in [0.4, 0.5) is 4.39 Å². The minimum atomic E-state index is -0.170. The smallest absolute Gasteiger partial charge is 0.123 e. The summed E-state index contributed by atoms with van der Waals surface area (Å²) < 4.78 is 12.8. The van der Waals surface area contributed by atoms with E-state index in [4.69, 9.17) is 0 Å². The van der Waals surface area contributed by atoms with E-state index in [1.807, 2.05) is 23.9 Å². The molecule has 0 bridgehead atoms. The van der Waals surface area contributed by atoms with Gasteiger partial charge in [-0.1, -0.05) is 42.5 Å². The molecule has 0 spiro atoms. The molecule has 100 valence electrons. The summed E-state index contributed by atoms with van der Waals surface area (Å²) in [6.07, 6.45) is 0.956. The minimum Gasteiger partial charge on any atom is -0.207 e. The van der Waals surface area contributed by atoms with Gasteiger partial charge in [0.15, 0.2) is 0 Å². The average molecular weight is 282 g/mol. The molecule has 0 aliphatic heterocycles. The van der Waals surface area contributed by atoms with E-state index < -0.39 is 0 Å². The highest BCUT2D eigenvalue weighted by atomic mass is 32.2. The molecule has 0 aliphatic carbocycles. The fourth-order valence-corrected chi connectivity index (χ4v) is 3.14. The summed E-state index contributed by atoms with van der Waals surface area (Å²) in [5.74, 6) is 0.834. The fourth-order valence-electron chi connectivity index (χ4n) is 2.19. The Bertz CT molecular complexity index is 704. The van der Waals surface area contributed by atoms with Gasteiger partial charge in [0.25, 0.3) is 0 Å². The Labute approximate surface area is 122 Å². The van der Waals surface area contributed by atoms with Crippen molar-refractivity contribution in [3.63, 3.8) is 0 Å². The number of fused-ring (bicyclic) bond motifs is 1. The molecule has 0 nitrogen and oxygen atoms in total. The molecule has 0 heterocycles. The third-order valence-electron chi connectivity index (χ3n) is 3.29. The molecule has 20 heavy (non-hydrogen) atoms. The quantitative estimate of drug-likeness (QED) is 0.584. The van der Waals surface area contributed by atoms with E-state index in [9.17, 15) is 4.39 Å². The van der Waals surface area contributed by atoms with Crippen LogP contribution in [0.2, 0.25) is 0 Å². The molecule has 0 radical (unpaired) electrons. The van der Waals surface area contributed by atoms with Gasteiger partial charge in [-0.2, -0.15) is 0 Å². The lowest BCUT2D eigenvalue weighted by Gasteiger charge is -2.04. The van der Waals surface area contributed by atoms with Crippen LogP contribution in [-0.2, 0) is 6.42 Å². The molecule has 3 aromatic carbocycles. The molecular formula is C18H15FS. The van der Waals surface area contributed by atoms with Gasteiger partial charge in [0, 0.05) is 10.6 Å². The first kappa shape index (κ1) is 13.2. The van der Waals surface area contributed by atoms with Gasteiger partial charge in [-0.05, 0) is 47.0 Å². The van der Waals surface area contributed by atoms with E-state index in [-0.39, 0.29) is 5.82 Å². The molecule has 0 aliphatic rings. The van der Waals surface area contributed by atoms with Crippen molar-refractivity contribution in [1.82, 2.24) is 0 Å². The third kappa shape index (κ3) is 3.20. The van der Waals surface area contributed by atoms with E-state index in [0.29, 0.717) is 0 Å². The van der Waals surface area contributed by atoms with Gasteiger partial charge in [-0.15, -0.1) is 11.8 Å². The van der Waals surface area contributed by atoms with Crippen LogP contribution in [-0.4, -0.2) is 5.75 Å². The maximum atomic E-state index is 12.8. The summed E-state index contributed by atoms with van der Waals surface area (Å²) in [5.41, 5.74) is 1.18. The fraction of sp³-hybridized carbons (Fsp3) is 0.111. The molecule has 0 atom stereocenters. The molecule has 0 aromatic heterocycles. The molecule has 0 fully saturated rings. The van der Waals surface area contributed by atoms with Gasteiger partial charge in [0.1, 0.15) is 5.82 Å². The van der Waals surface area contributed by atoms with Gasteiger partial charge in [-0.3, -0.25) is 0 Å². The highest BCUT2D eigenvalue weighted by Gasteiger charge is 1.99. The zero-order valence-electron chi connectivity index (χ0n) is 11.1. The standard InChI is InChI=1S/C18H15FS/c19-17-8-5-14(6-9-17)11-12-20-18-10-7-15-3-1-2-4-16(15)13-18/h1-10,13H,11-12H2. The summed E-state index contributed by atoms with van der Waals surface area (Å²) in [6, 6.07) is 21.7. The molecule has 2 heteroatoms. The Morgan fingerprint density at radius 2 is 1.55 bits per heavy atom. The summed E-state index contributed by atoms with van der Waals surface area (Å²) >= 11 is 1.84. The Morgan fingerprint density at radius 3 is 2.35 bits per heavy atom. The second-order valence-electron chi connectivity index (χ2n) is 4.73. The maximum absolute atomic E-state index is 12.8. The van der Waals surface area contributed by atoms with Gasteiger partial charge in [0.05, 0.1) is 0 Å². The summed E-state index contributed by atoms with van der Waals surface area (Å²) in [6.45, 7) is 0. The van der Waals surface area contributed by atoms with Crippen molar-refractivity contribution in [3.8, 4) is 0 Å². The number of halogens is 1. The van der Waals surface area contributed by atoms with Crippen molar-refractivity contribution in [2.24, 2.45) is 0 Å². The molecule has 0 unspecified atom stereocenters. The second-order valence-corrected chi connectivity index (χ2v) is 5.90. The van der Waals surface area contributed by atoms with Crippen molar-refractivity contribution in [3.05, 3.63) is 78.1 Å². The predicted octanol–water partition coefficient (Wildman–Crippen LogP) is 5.31. The first-order chi connectivity index (χ1) is 9.81. The number of aryl methyl sites for hydroxylation is 1. The van der Waals surface area contributed by atoms with Crippen LogP contribution in [0.5, 0.6) is 0 Å². The highest BCUT2D eigenvalue weighted by molar-refractivity contribution is 7.99. The molecule has 0 amide bonds. The van der Waals surface area contributed by atoms with Crippen molar-refractivity contribution < 1.29 is 4.39 Å². The van der Waals surface area contributed by atoms with Crippen LogP contribution in [0.25, 0.3) is 10.8 Å². The molecule has 3 rings (SSSR count). The first-order valence-electron chi connectivity index (χ1n) is 6.67. The van der Waals surface area contributed by atoms with Gasteiger partial charge >= 0.3 is 0 Å². The average Bonchev–Trinajstić information content (AvgIpc) is 2.49. The zero-order valence-corrected chi connectivity index (χ0v) is 11.9. The highest BCUT2D eigenvalue weighted by Crippen LogP contribution is 2.24. The van der Waals surface area contributed by atoms with Gasteiger partial charge in [-0.25, -0.2) is 4.39 Å². The topological polar surface area (TPSA) is 0 Å². The first-order valence-corrected chi connectivity index (χ1v) is 7.66. The second kappa shape index (κ2) is 6.10. The number of hydrogen-bond donors (Lipinski definition) is 0. The molecular weight excluding hydrogens is 267 g/mol. The van der Waals surface area contributed by atoms with Crippen molar-refractivity contribution in [2.45, 2.75) is 11.3 Å². The van der Waals surface area contributed by atoms with Crippen LogP contribution >= 0.6 is 11.8 Å². The number of rotatable bonds is 4. The molecule has 0 saturated carbocycles. The van der Waals surface area contributed by atoms with Crippen molar-refractivity contribution >= 4 is 22.5 Å². The number of hydrogen-bond acceptors (Lipinski definition) is 1. The SMILES string of the molecule is Fc1ccc(CCSc2ccc3ccccc3c2)cc1. The Kier molecular flexibility index (Phi) is 4.03. The monoisotopic (exact) mass is 282 g/mol. The van der Waals surface area contributed by atoms with Gasteiger partial charge < -0.3 is 0 Å². The van der Waals surface area contributed by atoms with E-state index in [1.54, 1.807) is 0 Å². The molecule has 0 N–H and O–H groups in total. The van der Waals surface area contributed by atoms with E-state index in [1.165, 1.54) is 33.4 Å². The van der Waals surface area contributed by atoms with E-state index >= 15 is 0 Å². The van der Waals surface area contributed by atoms with Gasteiger partial charge in [0.2, 0.25) is 0 Å². The van der Waals surface area contributed by atoms with Crippen molar-refractivity contribution in [1.29, 1.82) is 0 Å². The Morgan fingerprint density at radius 1 is 0.800 bits per heavy atom. The molecule has 0 saturated heterocycles. The lowest BCUT2D eigenvalue weighted by molar-refractivity contribution is 0.627. The largest absolute Gasteiger partial charge is 0.207 e. The third-order valence-corrected chi connectivity index (χ3v) is 4.29. The van der Waals surface area contributed by atoms with Crippen LogP contribution < -0.4 is 0 Å². The lowest BCUT2D eigenvalue weighted by atomic mass is 10.1. The maximum Gasteiger partial charge on any atom is 0.123 e. The minimum absolute atomic E-state index is 0.170. The normalized spacial score (nSPS) is 10.8. The van der Waals surface area contributed by atoms with E-state index in [2.05, 4.69) is 42.5 Å². The van der Waals surface area contributed by atoms with E-state index in [0.717, 1.165) is 12.2 Å². The summed E-state index contributed by atoms with van der Waals surface area (Å²) in [4.78, 5) is 1.28.